The summed E-state index contributed by atoms with van der Waals surface area (Å²) < 4.78 is 1.86. The lowest BCUT2D eigenvalue weighted by Gasteiger charge is -2.12. The molecule has 0 atom stereocenters. The Labute approximate surface area is 103 Å². The van der Waals surface area contributed by atoms with Gasteiger partial charge in [0, 0.05) is 19.2 Å². The summed E-state index contributed by atoms with van der Waals surface area (Å²) in [5.41, 5.74) is 2.36. The van der Waals surface area contributed by atoms with Gasteiger partial charge >= 0.3 is 0 Å². The van der Waals surface area contributed by atoms with Crippen molar-refractivity contribution < 1.29 is 4.79 Å². The lowest BCUT2D eigenvalue weighted by molar-refractivity contribution is -0.114. The predicted octanol–water partition coefficient (Wildman–Crippen LogP) is 2.91. The second-order valence-electron chi connectivity index (χ2n) is 4.71. The SMILES string of the molecule is CCn1cc(CC(=O)C=C2CCCCC2)cn1. The Balaban J connectivity index is 1.92. The van der Waals surface area contributed by atoms with Crippen molar-refractivity contribution in [2.45, 2.75) is 52.0 Å². The Morgan fingerprint density at radius 3 is 2.82 bits per heavy atom. The third kappa shape index (κ3) is 3.55. The second kappa shape index (κ2) is 5.80. The van der Waals surface area contributed by atoms with Crippen LogP contribution in [0.1, 0.15) is 44.6 Å². The number of carbonyl (C=O) groups is 1. The number of aromatic nitrogens is 2. The second-order valence-corrected chi connectivity index (χ2v) is 4.71. The number of hydrogen-bond donors (Lipinski definition) is 0. The summed E-state index contributed by atoms with van der Waals surface area (Å²) in [6, 6.07) is 0. The van der Waals surface area contributed by atoms with Crippen LogP contribution in [-0.4, -0.2) is 15.6 Å². The van der Waals surface area contributed by atoms with E-state index >= 15 is 0 Å². The number of rotatable bonds is 4. The van der Waals surface area contributed by atoms with E-state index in [9.17, 15) is 4.79 Å². The summed E-state index contributed by atoms with van der Waals surface area (Å²) in [5, 5.41) is 4.18. The maximum absolute atomic E-state index is 11.9. The number of nitrogens with zero attached hydrogens (tertiary/aromatic N) is 2. The minimum absolute atomic E-state index is 0.220. The van der Waals surface area contributed by atoms with Gasteiger partial charge in [0.2, 0.25) is 0 Å². The van der Waals surface area contributed by atoms with E-state index in [1.165, 1.54) is 24.8 Å². The number of hydrogen-bond acceptors (Lipinski definition) is 2. The van der Waals surface area contributed by atoms with Crippen molar-refractivity contribution in [3.05, 3.63) is 29.6 Å². The maximum atomic E-state index is 11.9. The molecule has 0 amide bonds. The number of allylic oxidation sites excluding steroid dienone is 2. The summed E-state index contributed by atoms with van der Waals surface area (Å²) in [5.74, 6) is 0.220. The highest BCUT2D eigenvalue weighted by Crippen LogP contribution is 2.22. The first-order valence-electron chi connectivity index (χ1n) is 6.51. The Morgan fingerprint density at radius 2 is 2.18 bits per heavy atom. The predicted molar refractivity (Wildman–Crippen MR) is 67.8 cm³/mol. The molecule has 1 fully saturated rings. The average molecular weight is 232 g/mol. The Hall–Kier alpha value is -1.38. The average Bonchev–Trinajstić information content (AvgIpc) is 2.78. The van der Waals surface area contributed by atoms with Crippen molar-refractivity contribution in [3.8, 4) is 0 Å². The van der Waals surface area contributed by atoms with Crippen LogP contribution in [0.2, 0.25) is 0 Å². The molecule has 1 aliphatic rings. The molecule has 1 aromatic heterocycles. The summed E-state index contributed by atoms with van der Waals surface area (Å²) >= 11 is 0. The van der Waals surface area contributed by atoms with Gasteiger partial charge in [-0.05, 0) is 44.2 Å². The van der Waals surface area contributed by atoms with E-state index in [-0.39, 0.29) is 5.78 Å². The fraction of sp³-hybridized carbons (Fsp3) is 0.571. The first kappa shape index (κ1) is 12.1. The van der Waals surface area contributed by atoms with Gasteiger partial charge in [-0.3, -0.25) is 9.48 Å². The van der Waals surface area contributed by atoms with Crippen LogP contribution in [0.25, 0.3) is 0 Å². The van der Waals surface area contributed by atoms with E-state index in [0.717, 1.165) is 24.9 Å². The molecule has 0 N–H and O–H groups in total. The molecular formula is C14H20N2O. The lowest BCUT2D eigenvalue weighted by Crippen LogP contribution is -2.02. The smallest absolute Gasteiger partial charge is 0.160 e. The van der Waals surface area contributed by atoms with E-state index < -0.39 is 0 Å². The topological polar surface area (TPSA) is 34.9 Å². The van der Waals surface area contributed by atoms with Crippen molar-refractivity contribution in [3.63, 3.8) is 0 Å². The highest BCUT2D eigenvalue weighted by molar-refractivity contribution is 5.91. The molecule has 1 aliphatic carbocycles. The molecule has 0 unspecified atom stereocenters. The summed E-state index contributed by atoms with van der Waals surface area (Å²) in [4.78, 5) is 11.9. The van der Waals surface area contributed by atoms with E-state index in [1.54, 1.807) is 6.20 Å². The van der Waals surface area contributed by atoms with E-state index in [2.05, 4.69) is 5.10 Å². The number of ketones is 1. The van der Waals surface area contributed by atoms with Crippen LogP contribution in [0, 0.1) is 0 Å². The zero-order chi connectivity index (χ0) is 12.1. The lowest BCUT2D eigenvalue weighted by atomic mass is 9.93. The van der Waals surface area contributed by atoms with Crippen molar-refractivity contribution >= 4 is 5.78 Å². The molecule has 1 aromatic rings. The largest absolute Gasteiger partial charge is 0.294 e. The molecule has 0 saturated heterocycles. The Kier molecular flexibility index (Phi) is 4.13. The van der Waals surface area contributed by atoms with E-state index in [1.807, 2.05) is 23.9 Å². The summed E-state index contributed by atoms with van der Waals surface area (Å²) in [6.45, 7) is 2.90. The quantitative estimate of drug-likeness (QED) is 0.748. The van der Waals surface area contributed by atoms with Crippen LogP contribution >= 0.6 is 0 Å². The molecule has 0 aromatic carbocycles. The third-order valence-corrected chi connectivity index (χ3v) is 3.25. The van der Waals surface area contributed by atoms with Gasteiger partial charge in [-0.2, -0.15) is 5.10 Å². The molecule has 17 heavy (non-hydrogen) atoms. The van der Waals surface area contributed by atoms with Crippen molar-refractivity contribution in [1.82, 2.24) is 9.78 Å². The van der Waals surface area contributed by atoms with Gasteiger partial charge in [0.15, 0.2) is 5.78 Å². The maximum Gasteiger partial charge on any atom is 0.160 e. The molecule has 92 valence electrons. The van der Waals surface area contributed by atoms with Gasteiger partial charge in [0.1, 0.15) is 0 Å². The van der Waals surface area contributed by atoms with Crippen LogP contribution in [0.3, 0.4) is 0 Å². The van der Waals surface area contributed by atoms with E-state index in [4.69, 9.17) is 0 Å². The first-order valence-corrected chi connectivity index (χ1v) is 6.51. The number of aryl methyl sites for hydroxylation is 1. The van der Waals surface area contributed by atoms with Crippen molar-refractivity contribution in [2.24, 2.45) is 0 Å². The monoisotopic (exact) mass is 232 g/mol. The van der Waals surface area contributed by atoms with Gasteiger partial charge < -0.3 is 0 Å². The summed E-state index contributed by atoms with van der Waals surface area (Å²) in [6.07, 6.45) is 12.1. The van der Waals surface area contributed by atoms with Gasteiger partial charge in [0.05, 0.1) is 6.20 Å². The molecule has 2 rings (SSSR count). The fourth-order valence-electron chi connectivity index (χ4n) is 2.30. The molecule has 1 heterocycles. The van der Waals surface area contributed by atoms with Crippen molar-refractivity contribution in [1.29, 1.82) is 0 Å². The standard InChI is InChI=1S/C14H20N2O/c1-2-16-11-13(10-15-16)9-14(17)8-12-6-4-3-5-7-12/h8,10-11H,2-7,9H2,1H3. The van der Waals surface area contributed by atoms with Gasteiger partial charge in [-0.25, -0.2) is 0 Å². The van der Waals surface area contributed by atoms with E-state index in [0.29, 0.717) is 6.42 Å². The van der Waals surface area contributed by atoms with Gasteiger partial charge in [-0.15, -0.1) is 0 Å². The summed E-state index contributed by atoms with van der Waals surface area (Å²) in [7, 11) is 0. The fourth-order valence-corrected chi connectivity index (χ4v) is 2.30. The van der Waals surface area contributed by atoms with Crippen LogP contribution in [0.4, 0.5) is 0 Å². The molecule has 3 nitrogen and oxygen atoms in total. The van der Waals surface area contributed by atoms with Crippen LogP contribution in [0.15, 0.2) is 24.0 Å². The Bertz CT molecular complexity index is 410. The zero-order valence-corrected chi connectivity index (χ0v) is 10.5. The molecule has 3 heteroatoms. The normalized spacial score (nSPS) is 15.9. The van der Waals surface area contributed by atoms with Crippen LogP contribution < -0.4 is 0 Å². The number of carbonyl (C=O) groups excluding carboxylic acids is 1. The van der Waals surface area contributed by atoms with Gasteiger partial charge in [0.25, 0.3) is 0 Å². The van der Waals surface area contributed by atoms with Crippen LogP contribution in [0.5, 0.6) is 0 Å². The molecule has 0 aliphatic heterocycles. The molecule has 1 saturated carbocycles. The molecular weight excluding hydrogens is 212 g/mol. The van der Waals surface area contributed by atoms with Crippen molar-refractivity contribution in [2.75, 3.05) is 0 Å². The third-order valence-electron chi connectivity index (χ3n) is 3.25. The molecule has 0 bridgehead atoms. The first-order chi connectivity index (χ1) is 8.28. The Morgan fingerprint density at radius 1 is 1.41 bits per heavy atom. The highest BCUT2D eigenvalue weighted by atomic mass is 16.1. The van der Waals surface area contributed by atoms with Crippen LogP contribution in [-0.2, 0) is 17.8 Å². The van der Waals surface area contributed by atoms with Gasteiger partial charge in [-0.1, -0.05) is 12.0 Å². The molecule has 0 spiro atoms. The minimum Gasteiger partial charge on any atom is -0.294 e. The highest BCUT2D eigenvalue weighted by Gasteiger charge is 2.08. The minimum atomic E-state index is 0.220. The molecule has 0 radical (unpaired) electrons. The zero-order valence-electron chi connectivity index (χ0n) is 10.5.